The highest BCUT2D eigenvalue weighted by Gasteiger charge is 2.05. The average Bonchev–Trinajstić information content (AvgIpc) is 2.42. The number of carbonyl (C=O) groups excluding carboxylic acids is 1. The molecule has 0 unspecified atom stereocenters. The Labute approximate surface area is 134 Å². The third-order valence-corrected chi connectivity index (χ3v) is 4.29. The van der Waals surface area contributed by atoms with E-state index < -0.39 is 0 Å². The van der Waals surface area contributed by atoms with Crippen molar-refractivity contribution in [2.75, 3.05) is 11.1 Å². The molecule has 21 heavy (non-hydrogen) atoms. The van der Waals surface area contributed by atoms with E-state index >= 15 is 0 Å². The quantitative estimate of drug-likeness (QED) is 0.855. The van der Waals surface area contributed by atoms with E-state index in [1.54, 1.807) is 11.8 Å². The first-order chi connectivity index (χ1) is 10.0. The number of carbonyl (C=O) groups is 1. The topological polar surface area (TPSA) is 29.1 Å². The Balaban J connectivity index is 1.82. The van der Waals surface area contributed by atoms with Gasteiger partial charge in [0, 0.05) is 16.5 Å². The van der Waals surface area contributed by atoms with Gasteiger partial charge in [0.2, 0.25) is 5.91 Å². The van der Waals surface area contributed by atoms with Gasteiger partial charge in [-0.2, -0.15) is 0 Å². The zero-order valence-electron chi connectivity index (χ0n) is 12.2. The van der Waals surface area contributed by atoms with Crippen LogP contribution in [0.5, 0.6) is 0 Å². The molecule has 0 heterocycles. The summed E-state index contributed by atoms with van der Waals surface area (Å²) < 4.78 is 0. The highest BCUT2D eigenvalue weighted by atomic mass is 35.5. The number of benzene rings is 2. The van der Waals surface area contributed by atoms with Crippen molar-refractivity contribution in [2.45, 2.75) is 19.6 Å². The predicted molar refractivity (Wildman–Crippen MR) is 92.2 cm³/mol. The lowest BCUT2D eigenvalue weighted by molar-refractivity contribution is -0.113. The molecule has 0 aliphatic carbocycles. The number of thioether (sulfide) groups is 1. The van der Waals surface area contributed by atoms with Gasteiger partial charge in [-0.1, -0.05) is 41.4 Å². The fourth-order valence-electron chi connectivity index (χ4n) is 2.03. The van der Waals surface area contributed by atoms with E-state index in [1.807, 2.05) is 50.2 Å². The molecule has 0 aromatic heterocycles. The van der Waals surface area contributed by atoms with Crippen LogP contribution in [0.2, 0.25) is 5.02 Å². The molecule has 0 aliphatic rings. The van der Waals surface area contributed by atoms with E-state index in [4.69, 9.17) is 11.6 Å². The Kier molecular flexibility index (Phi) is 5.71. The number of hydrogen-bond acceptors (Lipinski definition) is 2. The molecule has 0 saturated heterocycles. The van der Waals surface area contributed by atoms with Gasteiger partial charge in [-0.15, -0.1) is 11.8 Å². The molecule has 2 rings (SSSR count). The van der Waals surface area contributed by atoms with Crippen LogP contribution in [0.25, 0.3) is 0 Å². The highest BCUT2D eigenvalue weighted by molar-refractivity contribution is 7.99. The minimum Gasteiger partial charge on any atom is -0.325 e. The molecule has 4 heteroatoms. The standard InChI is InChI=1S/C17H18ClNOS/c1-12-6-7-16(13(2)8-12)19-17(20)11-21-10-14-4-3-5-15(18)9-14/h3-9H,10-11H2,1-2H3,(H,19,20). The lowest BCUT2D eigenvalue weighted by Crippen LogP contribution is -2.15. The van der Waals surface area contributed by atoms with E-state index in [0.717, 1.165) is 27.6 Å². The molecule has 0 radical (unpaired) electrons. The van der Waals surface area contributed by atoms with E-state index in [9.17, 15) is 4.79 Å². The van der Waals surface area contributed by atoms with Gasteiger partial charge in [0.15, 0.2) is 0 Å². The van der Waals surface area contributed by atoms with Crippen molar-refractivity contribution in [2.24, 2.45) is 0 Å². The zero-order valence-corrected chi connectivity index (χ0v) is 13.7. The molecular formula is C17H18ClNOS. The van der Waals surface area contributed by atoms with Gasteiger partial charge in [-0.3, -0.25) is 4.79 Å². The van der Waals surface area contributed by atoms with E-state index in [0.29, 0.717) is 5.75 Å². The smallest absolute Gasteiger partial charge is 0.234 e. The van der Waals surface area contributed by atoms with Crippen molar-refractivity contribution in [3.63, 3.8) is 0 Å². The summed E-state index contributed by atoms with van der Waals surface area (Å²) in [6, 6.07) is 13.7. The molecule has 2 aromatic rings. The maximum Gasteiger partial charge on any atom is 0.234 e. The second kappa shape index (κ2) is 7.53. The predicted octanol–water partition coefficient (Wildman–Crippen LogP) is 4.83. The van der Waals surface area contributed by atoms with Crippen molar-refractivity contribution < 1.29 is 4.79 Å². The molecule has 0 spiro atoms. The lowest BCUT2D eigenvalue weighted by Gasteiger charge is -2.09. The Morgan fingerprint density at radius 3 is 2.71 bits per heavy atom. The van der Waals surface area contributed by atoms with Gasteiger partial charge >= 0.3 is 0 Å². The average molecular weight is 320 g/mol. The first kappa shape index (κ1) is 15.9. The summed E-state index contributed by atoms with van der Waals surface area (Å²) in [6.45, 7) is 4.04. The van der Waals surface area contributed by atoms with Crippen LogP contribution in [-0.2, 0) is 10.5 Å². The van der Waals surface area contributed by atoms with Gasteiger partial charge in [0.25, 0.3) is 0 Å². The fraction of sp³-hybridized carbons (Fsp3) is 0.235. The molecule has 2 nitrogen and oxygen atoms in total. The summed E-state index contributed by atoms with van der Waals surface area (Å²) in [5.74, 6) is 1.23. The van der Waals surface area contributed by atoms with Crippen LogP contribution in [0.3, 0.4) is 0 Å². The Morgan fingerprint density at radius 1 is 1.19 bits per heavy atom. The lowest BCUT2D eigenvalue weighted by atomic mass is 10.1. The van der Waals surface area contributed by atoms with Crippen LogP contribution in [0.1, 0.15) is 16.7 Å². The largest absolute Gasteiger partial charge is 0.325 e. The minimum absolute atomic E-state index is 0.0222. The van der Waals surface area contributed by atoms with E-state index in [-0.39, 0.29) is 5.91 Å². The summed E-state index contributed by atoms with van der Waals surface area (Å²) in [6.07, 6.45) is 0. The van der Waals surface area contributed by atoms with Gasteiger partial charge in [0.05, 0.1) is 5.75 Å². The summed E-state index contributed by atoms with van der Waals surface area (Å²) in [5, 5.41) is 3.68. The molecule has 0 aliphatic heterocycles. The number of aryl methyl sites for hydroxylation is 2. The van der Waals surface area contributed by atoms with Crippen molar-refractivity contribution in [3.8, 4) is 0 Å². The van der Waals surface area contributed by atoms with E-state index in [2.05, 4.69) is 11.4 Å². The number of anilines is 1. The third kappa shape index (κ3) is 5.10. The van der Waals surface area contributed by atoms with E-state index in [1.165, 1.54) is 5.56 Å². The van der Waals surface area contributed by atoms with Crippen LogP contribution in [0.15, 0.2) is 42.5 Å². The normalized spacial score (nSPS) is 10.4. The third-order valence-electron chi connectivity index (χ3n) is 3.05. The summed E-state index contributed by atoms with van der Waals surface area (Å²) in [4.78, 5) is 11.9. The van der Waals surface area contributed by atoms with Crippen molar-refractivity contribution in [1.29, 1.82) is 0 Å². The first-order valence-corrected chi connectivity index (χ1v) is 8.27. The zero-order chi connectivity index (χ0) is 15.2. The fourth-order valence-corrected chi connectivity index (χ4v) is 3.02. The van der Waals surface area contributed by atoms with Gasteiger partial charge in [-0.05, 0) is 43.2 Å². The molecular weight excluding hydrogens is 302 g/mol. The Bertz CT molecular complexity index is 642. The van der Waals surface area contributed by atoms with Gasteiger partial charge < -0.3 is 5.32 Å². The summed E-state index contributed by atoms with van der Waals surface area (Å²) in [5.41, 5.74) is 4.30. The number of rotatable bonds is 5. The van der Waals surface area contributed by atoms with Crippen molar-refractivity contribution in [1.82, 2.24) is 0 Å². The maximum absolute atomic E-state index is 11.9. The molecule has 1 N–H and O–H groups in total. The molecule has 1 amide bonds. The SMILES string of the molecule is Cc1ccc(NC(=O)CSCc2cccc(Cl)c2)c(C)c1. The maximum atomic E-state index is 11.9. The molecule has 2 aromatic carbocycles. The highest BCUT2D eigenvalue weighted by Crippen LogP contribution is 2.18. The molecule has 0 fully saturated rings. The monoisotopic (exact) mass is 319 g/mol. The van der Waals surface area contributed by atoms with Crippen LogP contribution in [0, 0.1) is 13.8 Å². The number of amides is 1. The van der Waals surface area contributed by atoms with Gasteiger partial charge in [-0.25, -0.2) is 0 Å². The Morgan fingerprint density at radius 2 is 2.00 bits per heavy atom. The van der Waals surface area contributed by atoms with Crippen LogP contribution >= 0.6 is 23.4 Å². The molecule has 0 saturated carbocycles. The molecule has 110 valence electrons. The number of nitrogens with one attached hydrogen (secondary N) is 1. The summed E-state index contributed by atoms with van der Waals surface area (Å²) >= 11 is 7.52. The number of hydrogen-bond donors (Lipinski definition) is 1. The van der Waals surface area contributed by atoms with Crippen LogP contribution in [0.4, 0.5) is 5.69 Å². The minimum atomic E-state index is 0.0222. The Hall–Kier alpha value is -1.45. The van der Waals surface area contributed by atoms with Crippen LogP contribution in [-0.4, -0.2) is 11.7 Å². The second-order valence-electron chi connectivity index (χ2n) is 4.99. The molecule has 0 bridgehead atoms. The van der Waals surface area contributed by atoms with Gasteiger partial charge in [0.1, 0.15) is 0 Å². The second-order valence-corrected chi connectivity index (χ2v) is 6.41. The van der Waals surface area contributed by atoms with Crippen molar-refractivity contribution >= 4 is 35.0 Å². The summed E-state index contributed by atoms with van der Waals surface area (Å²) in [7, 11) is 0. The van der Waals surface area contributed by atoms with Crippen LogP contribution < -0.4 is 5.32 Å². The first-order valence-electron chi connectivity index (χ1n) is 6.74. The number of halogens is 1. The molecule has 0 atom stereocenters. The van der Waals surface area contributed by atoms with Crippen molar-refractivity contribution in [3.05, 3.63) is 64.2 Å².